The maximum Gasteiger partial charge on any atom is 0.230 e. The minimum Gasteiger partial charge on any atom is -0.351 e. The van der Waals surface area contributed by atoms with Crippen LogP contribution < -0.4 is 11.1 Å². The molecule has 0 aromatic carbocycles. The highest BCUT2D eigenvalue weighted by Crippen LogP contribution is 2.26. The molecule has 0 spiro atoms. The number of carbonyl (C=O) groups excluding carboxylic acids is 1. The lowest BCUT2D eigenvalue weighted by atomic mass is 9.84. The van der Waals surface area contributed by atoms with Gasteiger partial charge in [0.25, 0.3) is 0 Å². The molecule has 100 valence electrons. The highest BCUT2D eigenvalue weighted by atomic mass is 32.2. The van der Waals surface area contributed by atoms with E-state index in [2.05, 4.69) is 12.2 Å². The van der Waals surface area contributed by atoms with Gasteiger partial charge in [-0.25, -0.2) is 0 Å². The average Bonchev–Trinajstić information content (AvgIpc) is 2.37. The summed E-state index contributed by atoms with van der Waals surface area (Å²) in [6.07, 6.45) is 7.51. The molecule has 1 unspecified atom stereocenters. The molecule has 1 atom stereocenters. The van der Waals surface area contributed by atoms with Crippen LogP contribution in [0.3, 0.4) is 0 Å². The lowest BCUT2D eigenvalue weighted by molar-refractivity contribution is -0.119. The van der Waals surface area contributed by atoms with Crippen molar-refractivity contribution < 1.29 is 4.79 Å². The van der Waals surface area contributed by atoms with Gasteiger partial charge in [-0.15, -0.1) is 0 Å². The Kier molecular flexibility index (Phi) is 7.69. The van der Waals surface area contributed by atoms with Crippen LogP contribution in [0, 0.1) is 5.92 Å². The van der Waals surface area contributed by atoms with Crippen molar-refractivity contribution in [3.05, 3.63) is 0 Å². The summed E-state index contributed by atoms with van der Waals surface area (Å²) in [7, 11) is 0. The van der Waals surface area contributed by atoms with E-state index in [1.165, 1.54) is 32.1 Å². The van der Waals surface area contributed by atoms with Crippen molar-refractivity contribution in [1.29, 1.82) is 0 Å². The fraction of sp³-hybridized carbons (Fsp3) is 0.923. The van der Waals surface area contributed by atoms with E-state index < -0.39 is 0 Å². The second kappa shape index (κ2) is 8.81. The van der Waals surface area contributed by atoms with Gasteiger partial charge in [0.15, 0.2) is 0 Å². The second-order valence-electron chi connectivity index (χ2n) is 4.86. The van der Waals surface area contributed by atoms with Crippen LogP contribution in [0.15, 0.2) is 0 Å². The van der Waals surface area contributed by atoms with Crippen LogP contribution in [-0.2, 0) is 4.79 Å². The normalized spacial score (nSPS) is 18.9. The first kappa shape index (κ1) is 14.8. The van der Waals surface area contributed by atoms with Crippen LogP contribution in [0.25, 0.3) is 0 Å². The Morgan fingerprint density at radius 1 is 1.41 bits per heavy atom. The maximum absolute atomic E-state index is 11.7. The van der Waals surface area contributed by atoms with Crippen molar-refractivity contribution >= 4 is 17.7 Å². The third kappa shape index (κ3) is 5.77. The third-order valence-corrected chi connectivity index (χ3v) is 4.56. The molecule has 0 aliphatic heterocycles. The monoisotopic (exact) mass is 258 g/mol. The van der Waals surface area contributed by atoms with Crippen LogP contribution in [0.4, 0.5) is 0 Å². The molecule has 3 N–H and O–H groups in total. The molecule has 1 aliphatic rings. The minimum atomic E-state index is 0.157. The van der Waals surface area contributed by atoms with Gasteiger partial charge in [-0.2, -0.15) is 11.8 Å². The molecule has 0 radical (unpaired) electrons. The Balaban J connectivity index is 2.27. The lowest BCUT2D eigenvalue weighted by Crippen LogP contribution is -2.46. The van der Waals surface area contributed by atoms with E-state index in [0.29, 0.717) is 18.2 Å². The van der Waals surface area contributed by atoms with E-state index in [1.54, 1.807) is 11.8 Å². The summed E-state index contributed by atoms with van der Waals surface area (Å²) in [6, 6.07) is 0.199. The average molecular weight is 258 g/mol. The SMILES string of the molecule is CCCSCC(=O)NC(CN)C1CCCCC1. The molecule has 1 amide bonds. The molecule has 1 rings (SSSR count). The predicted octanol–water partition coefficient (Wildman–Crippen LogP) is 2.15. The molecule has 0 saturated heterocycles. The smallest absolute Gasteiger partial charge is 0.230 e. The second-order valence-corrected chi connectivity index (χ2v) is 5.97. The summed E-state index contributed by atoms with van der Waals surface area (Å²) in [5.41, 5.74) is 5.79. The van der Waals surface area contributed by atoms with Gasteiger partial charge in [0, 0.05) is 12.6 Å². The number of carbonyl (C=O) groups is 1. The Morgan fingerprint density at radius 3 is 2.71 bits per heavy atom. The fourth-order valence-electron chi connectivity index (χ4n) is 2.46. The Hall–Kier alpha value is -0.220. The van der Waals surface area contributed by atoms with Crippen LogP contribution >= 0.6 is 11.8 Å². The summed E-state index contributed by atoms with van der Waals surface area (Å²) in [4.78, 5) is 11.7. The van der Waals surface area contributed by atoms with E-state index in [0.717, 1.165) is 12.2 Å². The molecular formula is C13H26N2OS. The Morgan fingerprint density at radius 2 is 2.12 bits per heavy atom. The zero-order valence-electron chi connectivity index (χ0n) is 10.9. The Bertz CT molecular complexity index is 217. The molecule has 4 heteroatoms. The zero-order chi connectivity index (χ0) is 12.5. The molecule has 0 aromatic heterocycles. The molecule has 0 heterocycles. The number of hydrogen-bond acceptors (Lipinski definition) is 3. The molecule has 0 bridgehead atoms. The number of nitrogens with one attached hydrogen (secondary N) is 1. The van der Waals surface area contributed by atoms with Gasteiger partial charge < -0.3 is 11.1 Å². The summed E-state index contributed by atoms with van der Waals surface area (Å²) < 4.78 is 0. The standard InChI is InChI=1S/C13H26N2OS/c1-2-8-17-10-13(16)15-12(9-14)11-6-4-3-5-7-11/h11-12H,2-10,14H2,1H3,(H,15,16). The van der Waals surface area contributed by atoms with Crippen molar-refractivity contribution in [1.82, 2.24) is 5.32 Å². The van der Waals surface area contributed by atoms with Gasteiger partial charge in [0.1, 0.15) is 0 Å². The summed E-state index contributed by atoms with van der Waals surface area (Å²) in [5.74, 6) is 2.40. The van der Waals surface area contributed by atoms with Crippen molar-refractivity contribution in [2.75, 3.05) is 18.1 Å². The predicted molar refractivity (Wildman–Crippen MR) is 75.2 cm³/mol. The van der Waals surface area contributed by atoms with Crippen LogP contribution in [0.1, 0.15) is 45.4 Å². The van der Waals surface area contributed by atoms with E-state index in [4.69, 9.17) is 5.73 Å². The Labute approximate surface area is 109 Å². The maximum atomic E-state index is 11.7. The summed E-state index contributed by atoms with van der Waals surface area (Å²) in [5, 5.41) is 3.11. The first-order valence-electron chi connectivity index (χ1n) is 6.85. The van der Waals surface area contributed by atoms with Gasteiger partial charge >= 0.3 is 0 Å². The van der Waals surface area contributed by atoms with Crippen LogP contribution in [0.2, 0.25) is 0 Å². The number of amides is 1. The highest BCUT2D eigenvalue weighted by Gasteiger charge is 2.23. The molecule has 0 aromatic rings. The van der Waals surface area contributed by atoms with E-state index >= 15 is 0 Å². The highest BCUT2D eigenvalue weighted by molar-refractivity contribution is 7.99. The van der Waals surface area contributed by atoms with E-state index in [1.807, 2.05) is 0 Å². The van der Waals surface area contributed by atoms with E-state index in [9.17, 15) is 4.79 Å². The van der Waals surface area contributed by atoms with Gasteiger partial charge in [-0.1, -0.05) is 26.2 Å². The van der Waals surface area contributed by atoms with Crippen molar-refractivity contribution in [3.63, 3.8) is 0 Å². The van der Waals surface area contributed by atoms with Crippen LogP contribution in [-0.4, -0.2) is 30.0 Å². The van der Waals surface area contributed by atoms with E-state index in [-0.39, 0.29) is 11.9 Å². The van der Waals surface area contributed by atoms with Gasteiger partial charge in [-0.05, 0) is 30.9 Å². The molecule has 1 saturated carbocycles. The number of thioether (sulfide) groups is 1. The molecular weight excluding hydrogens is 232 g/mol. The summed E-state index contributed by atoms with van der Waals surface area (Å²) >= 11 is 1.71. The zero-order valence-corrected chi connectivity index (χ0v) is 11.7. The van der Waals surface area contributed by atoms with Crippen molar-refractivity contribution in [2.24, 2.45) is 11.7 Å². The molecule has 3 nitrogen and oxygen atoms in total. The molecule has 1 aliphatic carbocycles. The molecule has 17 heavy (non-hydrogen) atoms. The topological polar surface area (TPSA) is 55.1 Å². The quantitative estimate of drug-likeness (QED) is 0.688. The first-order chi connectivity index (χ1) is 8.27. The summed E-state index contributed by atoms with van der Waals surface area (Å²) in [6.45, 7) is 2.71. The largest absolute Gasteiger partial charge is 0.351 e. The van der Waals surface area contributed by atoms with Gasteiger partial charge in [0.05, 0.1) is 5.75 Å². The minimum absolute atomic E-state index is 0.157. The number of hydrogen-bond donors (Lipinski definition) is 2. The lowest BCUT2D eigenvalue weighted by Gasteiger charge is -2.30. The van der Waals surface area contributed by atoms with Crippen LogP contribution in [0.5, 0.6) is 0 Å². The van der Waals surface area contributed by atoms with Crippen molar-refractivity contribution in [3.8, 4) is 0 Å². The third-order valence-electron chi connectivity index (χ3n) is 3.40. The van der Waals surface area contributed by atoms with Gasteiger partial charge in [-0.3, -0.25) is 4.79 Å². The fourth-order valence-corrected chi connectivity index (χ4v) is 3.17. The van der Waals surface area contributed by atoms with Gasteiger partial charge in [0.2, 0.25) is 5.91 Å². The molecule has 1 fully saturated rings. The number of rotatable bonds is 7. The number of nitrogens with two attached hydrogens (primary N) is 1. The first-order valence-corrected chi connectivity index (χ1v) is 8.00. The van der Waals surface area contributed by atoms with Crippen molar-refractivity contribution in [2.45, 2.75) is 51.5 Å².